The first kappa shape index (κ1) is 23.7. The van der Waals surface area contributed by atoms with Gasteiger partial charge in [-0.25, -0.2) is 0 Å². The van der Waals surface area contributed by atoms with E-state index in [1.807, 2.05) is 58.9 Å². The van der Waals surface area contributed by atoms with E-state index in [4.69, 9.17) is 16.3 Å². The third kappa shape index (κ3) is 7.38. The van der Waals surface area contributed by atoms with Gasteiger partial charge in [-0.15, -0.1) is 0 Å². The molecule has 5 nitrogen and oxygen atoms in total. The van der Waals surface area contributed by atoms with Crippen molar-refractivity contribution in [1.82, 2.24) is 10.2 Å². The summed E-state index contributed by atoms with van der Waals surface area (Å²) in [6.07, 6.45) is 0.497. The molecule has 0 aliphatic rings. The Kier molecular flexibility index (Phi) is 8.30. The van der Waals surface area contributed by atoms with Crippen LogP contribution in [-0.2, 0) is 16.1 Å². The first-order chi connectivity index (χ1) is 14.1. The number of aryl methyl sites for hydroxylation is 1. The van der Waals surface area contributed by atoms with Gasteiger partial charge < -0.3 is 15.0 Å². The van der Waals surface area contributed by atoms with Gasteiger partial charge in [0.1, 0.15) is 11.8 Å². The van der Waals surface area contributed by atoms with E-state index in [9.17, 15) is 9.59 Å². The lowest BCUT2D eigenvalue weighted by atomic mass is 10.1. The van der Waals surface area contributed by atoms with E-state index in [1.54, 1.807) is 29.2 Å². The maximum atomic E-state index is 13.1. The average molecular weight is 431 g/mol. The highest BCUT2D eigenvalue weighted by molar-refractivity contribution is 6.30. The monoisotopic (exact) mass is 430 g/mol. The molecular formula is C24H31ClN2O3. The fourth-order valence-corrected chi connectivity index (χ4v) is 3.34. The molecule has 0 aliphatic heterocycles. The van der Waals surface area contributed by atoms with E-state index in [-0.39, 0.29) is 24.0 Å². The molecular weight excluding hydrogens is 400 g/mol. The molecule has 0 aromatic heterocycles. The van der Waals surface area contributed by atoms with Crippen molar-refractivity contribution >= 4 is 23.4 Å². The summed E-state index contributed by atoms with van der Waals surface area (Å²) in [6, 6.07) is 14.2. The Balaban J connectivity index is 2.24. The molecule has 162 valence electrons. The molecule has 0 saturated heterocycles. The lowest BCUT2D eigenvalue weighted by molar-refractivity contribution is -0.143. The summed E-state index contributed by atoms with van der Waals surface area (Å²) < 4.78 is 5.66. The Morgan fingerprint density at radius 2 is 1.83 bits per heavy atom. The van der Waals surface area contributed by atoms with Gasteiger partial charge >= 0.3 is 0 Å². The molecule has 0 fully saturated rings. The van der Waals surface area contributed by atoms with Crippen LogP contribution in [0.5, 0.6) is 5.75 Å². The smallest absolute Gasteiger partial charge is 0.261 e. The number of carbonyl (C=O) groups excluding carboxylic acids is 2. The number of nitrogens with zero attached hydrogens (tertiary/aromatic N) is 1. The molecule has 2 aromatic carbocycles. The minimum Gasteiger partial charge on any atom is -0.484 e. The Bertz CT molecular complexity index is 877. The number of halogens is 1. The van der Waals surface area contributed by atoms with Crippen LogP contribution in [0.3, 0.4) is 0 Å². The van der Waals surface area contributed by atoms with Crippen LogP contribution >= 0.6 is 11.6 Å². The third-order valence-electron chi connectivity index (χ3n) is 4.48. The first-order valence-corrected chi connectivity index (χ1v) is 10.5. The SMILES string of the molecule is CC[C@@H](C(=O)NC(C)(C)C)N(Cc1cccc(C)c1)C(=O)COc1cccc(Cl)c1. The molecule has 2 rings (SSSR count). The Morgan fingerprint density at radius 1 is 1.13 bits per heavy atom. The van der Waals surface area contributed by atoms with Gasteiger partial charge in [-0.05, 0) is 57.9 Å². The molecule has 0 heterocycles. The summed E-state index contributed by atoms with van der Waals surface area (Å²) in [7, 11) is 0. The van der Waals surface area contributed by atoms with E-state index in [2.05, 4.69) is 5.32 Å². The zero-order chi connectivity index (χ0) is 22.3. The minimum absolute atomic E-state index is 0.172. The van der Waals surface area contributed by atoms with Gasteiger partial charge in [-0.1, -0.05) is 54.4 Å². The topological polar surface area (TPSA) is 58.6 Å². The predicted molar refractivity (Wildman–Crippen MR) is 121 cm³/mol. The summed E-state index contributed by atoms with van der Waals surface area (Å²) in [4.78, 5) is 27.7. The minimum atomic E-state index is -0.597. The summed E-state index contributed by atoms with van der Waals surface area (Å²) in [5.74, 6) is 0.0831. The maximum Gasteiger partial charge on any atom is 0.261 e. The quantitative estimate of drug-likeness (QED) is 0.657. The molecule has 2 amide bonds. The van der Waals surface area contributed by atoms with E-state index in [1.165, 1.54) is 0 Å². The maximum absolute atomic E-state index is 13.1. The van der Waals surface area contributed by atoms with Crippen LogP contribution in [0.15, 0.2) is 48.5 Å². The lowest BCUT2D eigenvalue weighted by Crippen LogP contribution is -2.54. The van der Waals surface area contributed by atoms with Gasteiger partial charge in [0.2, 0.25) is 5.91 Å². The Hall–Kier alpha value is -2.53. The molecule has 0 unspecified atom stereocenters. The van der Waals surface area contributed by atoms with Crippen LogP contribution in [0.2, 0.25) is 5.02 Å². The fourth-order valence-electron chi connectivity index (χ4n) is 3.16. The molecule has 1 N–H and O–H groups in total. The van der Waals surface area contributed by atoms with Crippen molar-refractivity contribution < 1.29 is 14.3 Å². The van der Waals surface area contributed by atoms with Crippen molar-refractivity contribution in [2.75, 3.05) is 6.61 Å². The first-order valence-electron chi connectivity index (χ1n) is 10.1. The highest BCUT2D eigenvalue weighted by atomic mass is 35.5. The van der Waals surface area contributed by atoms with Crippen molar-refractivity contribution in [3.63, 3.8) is 0 Å². The van der Waals surface area contributed by atoms with Crippen molar-refractivity contribution in [3.8, 4) is 5.75 Å². The number of hydrogen-bond donors (Lipinski definition) is 1. The fraction of sp³-hybridized carbons (Fsp3) is 0.417. The molecule has 6 heteroatoms. The van der Waals surface area contributed by atoms with Gasteiger partial charge in [-0.2, -0.15) is 0 Å². The Morgan fingerprint density at radius 3 is 2.43 bits per heavy atom. The molecule has 0 aliphatic carbocycles. The number of benzene rings is 2. The van der Waals surface area contributed by atoms with Crippen LogP contribution in [0, 0.1) is 6.92 Å². The lowest BCUT2D eigenvalue weighted by Gasteiger charge is -2.33. The molecule has 30 heavy (non-hydrogen) atoms. The van der Waals surface area contributed by atoms with E-state index in [0.717, 1.165) is 11.1 Å². The normalized spacial score (nSPS) is 12.2. The third-order valence-corrected chi connectivity index (χ3v) is 4.71. The van der Waals surface area contributed by atoms with E-state index >= 15 is 0 Å². The van der Waals surface area contributed by atoms with Crippen LogP contribution in [0.4, 0.5) is 0 Å². The second kappa shape index (κ2) is 10.5. The summed E-state index contributed by atoms with van der Waals surface area (Å²) >= 11 is 5.99. The van der Waals surface area contributed by atoms with Gasteiger partial charge in [0, 0.05) is 17.1 Å². The van der Waals surface area contributed by atoms with Crippen molar-refractivity contribution in [1.29, 1.82) is 0 Å². The highest BCUT2D eigenvalue weighted by Crippen LogP contribution is 2.19. The van der Waals surface area contributed by atoms with Crippen LogP contribution in [0.25, 0.3) is 0 Å². The number of hydrogen-bond acceptors (Lipinski definition) is 3. The van der Waals surface area contributed by atoms with Crippen molar-refractivity contribution in [2.45, 2.75) is 59.2 Å². The van der Waals surface area contributed by atoms with Gasteiger partial charge in [0.05, 0.1) is 0 Å². The Labute approximate surface area is 184 Å². The van der Waals surface area contributed by atoms with Crippen molar-refractivity contribution in [3.05, 3.63) is 64.7 Å². The largest absolute Gasteiger partial charge is 0.484 e. The molecule has 0 radical (unpaired) electrons. The summed E-state index contributed by atoms with van der Waals surface area (Å²) in [6.45, 7) is 9.83. The van der Waals surface area contributed by atoms with Crippen molar-refractivity contribution in [2.24, 2.45) is 0 Å². The van der Waals surface area contributed by atoms with Crippen LogP contribution in [0.1, 0.15) is 45.2 Å². The van der Waals surface area contributed by atoms with Crippen LogP contribution < -0.4 is 10.1 Å². The highest BCUT2D eigenvalue weighted by Gasteiger charge is 2.30. The van der Waals surface area contributed by atoms with Gasteiger partial charge in [0.15, 0.2) is 6.61 Å². The predicted octanol–water partition coefficient (Wildman–Crippen LogP) is 4.75. The molecule has 0 saturated carbocycles. The van der Waals surface area contributed by atoms with Crippen LogP contribution in [-0.4, -0.2) is 34.9 Å². The summed E-state index contributed by atoms with van der Waals surface area (Å²) in [5.41, 5.74) is 1.68. The number of nitrogens with one attached hydrogen (secondary N) is 1. The average Bonchev–Trinajstić information content (AvgIpc) is 2.64. The molecule has 2 aromatic rings. The van der Waals surface area contributed by atoms with E-state index < -0.39 is 6.04 Å². The number of carbonyl (C=O) groups is 2. The van der Waals surface area contributed by atoms with Gasteiger partial charge in [-0.3, -0.25) is 9.59 Å². The standard InChI is InChI=1S/C24H31ClN2O3/c1-6-21(23(29)26-24(3,4)5)27(15-18-10-7-9-17(2)13-18)22(28)16-30-20-12-8-11-19(25)14-20/h7-14,21H,6,15-16H2,1-5H3,(H,26,29)/t21-/m0/s1. The zero-order valence-electron chi connectivity index (χ0n) is 18.4. The number of rotatable bonds is 8. The van der Waals surface area contributed by atoms with Gasteiger partial charge in [0.25, 0.3) is 5.91 Å². The number of amides is 2. The molecule has 0 bridgehead atoms. The molecule has 1 atom stereocenters. The number of ether oxygens (including phenoxy) is 1. The zero-order valence-corrected chi connectivity index (χ0v) is 19.1. The molecule has 0 spiro atoms. The second-order valence-electron chi connectivity index (χ2n) is 8.42. The van der Waals surface area contributed by atoms with E-state index in [0.29, 0.717) is 23.7 Å². The second-order valence-corrected chi connectivity index (χ2v) is 8.86. The summed E-state index contributed by atoms with van der Waals surface area (Å²) in [5, 5.41) is 3.53.